The fourth-order valence-electron chi connectivity index (χ4n) is 4.41. The van der Waals surface area contributed by atoms with Crippen LogP contribution in [0, 0.1) is 0 Å². The molecule has 166 valence electrons. The summed E-state index contributed by atoms with van der Waals surface area (Å²) < 4.78 is 5.49. The van der Waals surface area contributed by atoms with Gasteiger partial charge in [-0.1, -0.05) is 62.4 Å². The monoisotopic (exact) mass is 428 g/mol. The van der Waals surface area contributed by atoms with E-state index >= 15 is 0 Å². The van der Waals surface area contributed by atoms with Gasteiger partial charge in [0.15, 0.2) is 5.72 Å². The van der Waals surface area contributed by atoms with Crippen LogP contribution in [0.25, 0.3) is 6.08 Å². The first-order chi connectivity index (χ1) is 15.3. The van der Waals surface area contributed by atoms with Gasteiger partial charge in [-0.25, -0.2) is 0 Å². The van der Waals surface area contributed by atoms with Crippen molar-refractivity contribution < 1.29 is 9.84 Å². The van der Waals surface area contributed by atoms with Gasteiger partial charge in [0, 0.05) is 30.4 Å². The number of nitrogens with zero attached hydrogens (tertiary/aromatic N) is 1. The van der Waals surface area contributed by atoms with Gasteiger partial charge in [0.05, 0.1) is 6.61 Å². The van der Waals surface area contributed by atoms with E-state index in [9.17, 15) is 5.11 Å². The third-order valence-electron chi connectivity index (χ3n) is 6.52. The molecule has 3 aromatic carbocycles. The molecule has 0 radical (unpaired) electrons. The third kappa shape index (κ3) is 3.98. The number of para-hydroxylation sites is 1. The molecule has 1 aliphatic heterocycles. The zero-order chi connectivity index (χ0) is 22.8. The SMILES string of the molecule is CCOc1ccc(CNc2ccc(/C=C/C3(O)N(C)c4ccccc4C3(C)C)cc2)cc1. The summed E-state index contributed by atoms with van der Waals surface area (Å²) in [5.74, 6) is 0.897. The Hall–Kier alpha value is -3.24. The van der Waals surface area contributed by atoms with Crippen LogP contribution in [0.2, 0.25) is 0 Å². The average Bonchev–Trinajstić information content (AvgIpc) is 2.96. The van der Waals surface area contributed by atoms with E-state index in [1.165, 1.54) is 5.56 Å². The van der Waals surface area contributed by atoms with Crippen LogP contribution >= 0.6 is 0 Å². The molecular formula is C28H32N2O2. The second kappa shape index (κ2) is 8.71. The van der Waals surface area contributed by atoms with E-state index in [2.05, 4.69) is 67.7 Å². The number of benzene rings is 3. The molecular weight excluding hydrogens is 396 g/mol. The number of fused-ring (bicyclic) bond motifs is 1. The zero-order valence-electron chi connectivity index (χ0n) is 19.3. The predicted molar refractivity (Wildman–Crippen MR) is 133 cm³/mol. The van der Waals surface area contributed by atoms with Crippen LogP contribution in [0.15, 0.2) is 78.9 Å². The van der Waals surface area contributed by atoms with E-state index in [1.54, 1.807) is 0 Å². The Morgan fingerprint density at radius 2 is 1.66 bits per heavy atom. The first kappa shape index (κ1) is 22.0. The van der Waals surface area contributed by atoms with E-state index in [0.29, 0.717) is 6.61 Å². The van der Waals surface area contributed by atoms with Crippen LogP contribution < -0.4 is 15.0 Å². The van der Waals surface area contributed by atoms with Crippen molar-refractivity contribution in [2.75, 3.05) is 23.9 Å². The molecule has 1 atom stereocenters. The van der Waals surface area contributed by atoms with Crippen molar-refractivity contribution in [1.29, 1.82) is 0 Å². The summed E-state index contributed by atoms with van der Waals surface area (Å²) in [6.45, 7) is 7.59. The molecule has 0 aromatic heterocycles. The van der Waals surface area contributed by atoms with Crippen LogP contribution in [0.3, 0.4) is 0 Å². The molecule has 0 spiro atoms. The van der Waals surface area contributed by atoms with Crippen LogP contribution in [0.1, 0.15) is 37.5 Å². The minimum atomic E-state index is -1.10. The average molecular weight is 429 g/mol. The van der Waals surface area contributed by atoms with Crippen molar-refractivity contribution in [2.45, 2.75) is 38.5 Å². The van der Waals surface area contributed by atoms with Gasteiger partial charge in [0.2, 0.25) is 0 Å². The number of aliphatic hydroxyl groups is 1. The summed E-state index contributed by atoms with van der Waals surface area (Å²) in [6.07, 6.45) is 3.91. The number of ether oxygens (including phenoxy) is 1. The number of hydrogen-bond acceptors (Lipinski definition) is 4. The van der Waals surface area contributed by atoms with Gasteiger partial charge in [-0.2, -0.15) is 0 Å². The fraction of sp³-hybridized carbons (Fsp3) is 0.286. The normalized spacial score (nSPS) is 19.2. The largest absolute Gasteiger partial charge is 0.494 e. The van der Waals surface area contributed by atoms with Crippen molar-refractivity contribution >= 4 is 17.5 Å². The topological polar surface area (TPSA) is 44.7 Å². The smallest absolute Gasteiger partial charge is 0.166 e. The lowest BCUT2D eigenvalue weighted by atomic mass is 9.77. The minimum absolute atomic E-state index is 0.423. The molecule has 3 aromatic rings. The molecule has 1 aliphatic rings. The Labute approximate surface area is 191 Å². The standard InChI is InChI=1S/C28H32N2O2/c1-5-32-24-16-12-22(13-17-24)20-29-23-14-10-21(11-15-23)18-19-28(31)27(2,3)25-8-6-7-9-26(25)30(28)4/h6-19,29,31H,5,20H2,1-4H3/b19-18+. The van der Waals surface area contributed by atoms with Gasteiger partial charge in [-0.3, -0.25) is 0 Å². The summed E-state index contributed by atoms with van der Waals surface area (Å²) in [4.78, 5) is 1.96. The second-order valence-electron chi connectivity index (χ2n) is 8.81. The van der Waals surface area contributed by atoms with E-state index in [0.717, 1.165) is 34.8 Å². The highest BCUT2D eigenvalue weighted by molar-refractivity contribution is 5.68. The molecule has 2 N–H and O–H groups in total. The van der Waals surface area contributed by atoms with E-state index < -0.39 is 11.1 Å². The Morgan fingerprint density at radius 1 is 0.969 bits per heavy atom. The van der Waals surface area contributed by atoms with Gasteiger partial charge in [-0.15, -0.1) is 0 Å². The Kier molecular flexibility index (Phi) is 5.98. The maximum absolute atomic E-state index is 11.6. The highest BCUT2D eigenvalue weighted by Crippen LogP contribution is 2.50. The number of nitrogens with one attached hydrogen (secondary N) is 1. The zero-order valence-corrected chi connectivity index (χ0v) is 19.3. The lowest BCUT2D eigenvalue weighted by molar-refractivity contribution is 0.0348. The van der Waals surface area contributed by atoms with Gasteiger partial charge in [-0.05, 0) is 60.0 Å². The quantitative estimate of drug-likeness (QED) is 0.497. The molecule has 0 amide bonds. The molecule has 0 saturated heterocycles. The van der Waals surface area contributed by atoms with Crippen molar-refractivity contribution in [3.63, 3.8) is 0 Å². The Balaban J connectivity index is 1.42. The van der Waals surface area contributed by atoms with Crippen molar-refractivity contribution in [1.82, 2.24) is 0 Å². The maximum Gasteiger partial charge on any atom is 0.166 e. The van der Waals surface area contributed by atoms with Gasteiger partial charge >= 0.3 is 0 Å². The molecule has 0 fully saturated rings. The lowest BCUT2D eigenvalue weighted by Crippen LogP contribution is -2.52. The summed E-state index contributed by atoms with van der Waals surface area (Å²) in [7, 11) is 1.95. The number of hydrogen-bond donors (Lipinski definition) is 2. The molecule has 4 heteroatoms. The molecule has 0 aliphatic carbocycles. The molecule has 0 saturated carbocycles. The molecule has 1 heterocycles. The van der Waals surface area contributed by atoms with Crippen molar-refractivity contribution in [3.8, 4) is 5.75 Å². The van der Waals surface area contributed by atoms with Crippen LogP contribution in [-0.2, 0) is 12.0 Å². The summed E-state index contributed by atoms with van der Waals surface area (Å²) >= 11 is 0. The van der Waals surface area contributed by atoms with E-state index in [1.807, 2.05) is 55.3 Å². The Morgan fingerprint density at radius 3 is 2.31 bits per heavy atom. The van der Waals surface area contributed by atoms with Crippen molar-refractivity contribution in [2.24, 2.45) is 0 Å². The van der Waals surface area contributed by atoms with E-state index in [4.69, 9.17) is 4.74 Å². The summed E-state index contributed by atoms with van der Waals surface area (Å²) in [6, 6.07) is 24.6. The summed E-state index contributed by atoms with van der Waals surface area (Å²) in [5, 5.41) is 15.1. The van der Waals surface area contributed by atoms with Crippen LogP contribution in [-0.4, -0.2) is 24.5 Å². The number of likely N-dealkylation sites (N-methyl/N-ethyl adjacent to an activating group) is 1. The highest BCUT2D eigenvalue weighted by atomic mass is 16.5. The first-order valence-corrected chi connectivity index (χ1v) is 11.2. The van der Waals surface area contributed by atoms with Gasteiger partial charge in [0.25, 0.3) is 0 Å². The second-order valence-corrected chi connectivity index (χ2v) is 8.81. The minimum Gasteiger partial charge on any atom is -0.494 e. The molecule has 1 unspecified atom stereocenters. The van der Waals surface area contributed by atoms with Crippen LogP contribution in [0.5, 0.6) is 5.75 Å². The fourth-order valence-corrected chi connectivity index (χ4v) is 4.41. The predicted octanol–water partition coefficient (Wildman–Crippen LogP) is 5.83. The summed E-state index contributed by atoms with van der Waals surface area (Å²) in [5.41, 5.74) is 4.01. The third-order valence-corrected chi connectivity index (χ3v) is 6.52. The molecule has 4 nitrogen and oxygen atoms in total. The molecule has 4 rings (SSSR count). The van der Waals surface area contributed by atoms with Gasteiger partial charge in [0.1, 0.15) is 5.75 Å². The van der Waals surface area contributed by atoms with E-state index in [-0.39, 0.29) is 0 Å². The maximum atomic E-state index is 11.6. The van der Waals surface area contributed by atoms with Crippen molar-refractivity contribution in [3.05, 3.63) is 95.6 Å². The number of rotatable bonds is 7. The van der Waals surface area contributed by atoms with Crippen LogP contribution in [0.4, 0.5) is 11.4 Å². The molecule has 32 heavy (non-hydrogen) atoms. The van der Waals surface area contributed by atoms with Gasteiger partial charge < -0.3 is 20.1 Å². The number of anilines is 2. The lowest BCUT2D eigenvalue weighted by Gasteiger charge is -2.39. The first-order valence-electron chi connectivity index (χ1n) is 11.2. The Bertz CT molecular complexity index is 1090. The highest BCUT2D eigenvalue weighted by Gasteiger charge is 2.53. The molecule has 0 bridgehead atoms.